The first kappa shape index (κ1) is 17.8. The van der Waals surface area contributed by atoms with Gasteiger partial charge in [-0.3, -0.25) is 4.79 Å². The van der Waals surface area contributed by atoms with Crippen molar-refractivity contribution in [1.82, 2.24) is 0 Å². The van der Waals surface area contributed by atoms with E-state index < -0.39 is 38.5 Å². The third kappa shape index (κ3) is 2.93. The molecule has 0 unspecified atom stereocenters. The van der Waals surface area contributed by atoms with Crippen molar-refractivity contribution in [2.24, 2.45) is 0 Å². The van der Waals surface area contributed by atoms with Gasteiger partial charge in [0.1, 0.15) is 9.79 Å². The molecule has 2 aromatic rings. The molecule has 22 heavy (non-hydrogen) atoms. The fourth-order valence-corrected chi connectivity index (χ4v) is 5.86. The van der Waals surface area contributed by atoms with Crippen LogP contribution in [0.3, 0.4) is 0 Å². The van der Waals surface area contributed by atoms with E-state index in [1.165, 1.54) is 18.2 Å². The van der Waals surface area contributed by atoms with Crippen molar-refractivity contribution in [1.29, 1.82) is 0 Å². The number of aldehydes is 1. The topological polar surface area (TPSA) is 85.3 Å². The van der Waals surface area contributed by atoms with Crippen LogP contribution in [0.1, 0.15) is 10.4 Å². The zero-order valence-corrected chi connectivity index (χ0v) is 14.8. The smallest absolute Gasteiger partial charge is 0.263 e. The predicted molar refractivity (Wildman–Crippen MR) is 85.4 cm³/mol. The lowest BCUT2D eigenvalue weighted by Crippen LogP contribution is -2.05. The zero-order chi connectivity index (χ0) is 16.9. The molecule has 5 nitrogen and oxygen atoms in total. The van der Waals surface area contributed by atoms with Crippen LogP contribution in [0.2, 0.25) is 10.0 Å². The van der Waals surface area contributed by atoms with Crippen LogP contribution < -0.4 is 0 Å². The van der Waals surface area contributed by atoms with Gasteiger partial charge in [-0.25, -0.2) is 16.8 Å². The van der Waals surface area contributed by atoms with E-state index in [-0.39, 0.29) is 22.1 Å². The minimum absolute atomic E-state index is 0.0561. The van der Waals surface area contributed by atoms with E-state index in [0.717, 1.165) is 0 Å². The molecule has 2 rings (SSSR count). The Morgan fingerprint density at radius 3 is 1.91 bits per heavy atom. The van der Waals surface area contributed by atoms with Crippen LogP contribution in [-0.2, 0) is 18.1 Å². The highest BCUT2D eigenvalue weighted by Gasteiger charge is 2.31. The number of benzene rings is 2. The van der Waals surface area contributed by atoms with Gasteiger partial charge in [-0.2, -0.15) is 0 Å². The normalized spacial score (nSPS) is 12.5. The molecule has 2 aromatic carbocycles. The second-order valence-corrected chi connectivity index (χ2v) is 9.83. The van der Waals surface area contributed by atoms with Gasteiger partial charge in [-0.05, 0) is 6.07 Å². The fourth-order valence-electron chi connectivity index (χ4n) is 2.03. The van der Waals surface area contributed by atoms with Crippen LogP contribution in [0.5, 0.6) is 0 Å². The van der Waals surface area contributed by atoms with Gasteiger partial charge in [0.2, 0.25) is 0 Å². The summed E-state index contributed by atoms with van der Waals surface area (Å²) in [5.74, 6) is 0. The molecule has 0 radical (unpaired) electrons. The van der Waals surface area contributed by atoms with E-state index in [9.17, 15) is 21.6 Å². The molecule has 0 fully saturated rings. The van der Waals surface area contributed by atoms with Crippen LogP contribution in [0.15, 0.2) is 28.0 Å². The Morgan fingerprint density at radius 1 is 0.909 bits per heavy atom. The zero-order valence-electron chi connectivity index (χ0n) is 10.2. The third-order valence-corrected chi connectivity index (χ3v) is 6.44. The summed E-state index contributed by atoms with van der Waals surface area (Å²) in [5.41, 5.74) is -0.440. The lowest BCUT2D eigenvalue weighted by molar-refractivity contribution is 0.112. The van der Waals surface area contributed by atoms with Crippen LogP contribution in [0.4, 0.5) is 0 Å². The van der Waals surface area contributed by atoms with Crippen molar-refractivity contribution in [3.8, 4) is 0 Å². The van der Waals surface area contributed by atoms with Gasteiger partial charge in [-0.15, -0.1) is 0 Å². The second kappa shape index (κ2) is 5.81. The summed E-state index contributed by atoms with van der Waals surface area (Å²) in [7, 11) is 1.62. The standard InChI is InChI=1S/C11H4Cl4O5S2/c12-7-3-1-2-5-8(7)6(4-16)11(22(15,19)20)9(13)10(5)21(14,17)18/h1-4H. The minimum atomic E-state index is -4.54. The molecule has 0 atom stereocenters. The Morgan fingerprint density at radius 2 is 1.45 bits per heavy atom. The first-order valence-corrected chi connectivity index (χ1v) is 10.7. The van der Waals surface area contributed by atoms with E-state index in [4.69, 9.17) is 44.6 Å². The summed E-state index contributed by atoms with van der Waals surface area (Å²) in [6, 6.07) is 4.04. The SMILES string of the molecule is O=Cc1c(S(=O)(=O)Cl)c(Cl)c(S(=O)(=O)Cl)c2cccc(Cl)c12. The summed E-state index contributed by atoms with van der Waals surface area (Å²) >= 11 is 11.8. The molecular weight excluding hydrogens is 418 g/mol. The Bertz CT molecular complexity index is 1010. The van der Waals surface area contributed by atoms with Crippen LogP contribution in [0, 0.1) is 0 Å². The second-order valence-electron chi connectivity index (χ2n) is 4.04. The molecule has 0 heterocycles. The summed E-state index contributed by atoms with van der Waals surface area (Å²) in [4.78, 5) is 9.79. The summed E-state index contributed by atoms with van der Waals surface area (Å²) < 4.78 is 47.0. The molecule has 0 saturated carbocycles. The van der Waals surface area contributed by atoms with Gasteiger partial charge in [0.05, 0.1) is 5.02 Å². The van der Waals surface area contributed by atoms with Crippen molar-refractivity contribution in [2.75, 3.05) is 0 Å². The quantitative estimate of drug-likeness (QED) is 0.555. The summed E-state index contributed by atoms with van der Waals surface area (Å²) in [6.45, 7) is 0. The highest BCUT2D eigenvalue weighted by molar-refractivity contribution is 8.14. The third-order valence-electron chi connectivity index (χ3n) is 2.78. The Kier molecular flexibility index (Phi) is 4.70. The molecule has 0 amide bonds. The number of carbonyl (C=O) groups is 1. The molecule has 0 bridgehead atoms. The Balaban J connectivity index is 3.35. The molecule has 0 aromatic heterocycles. The van der Waals surface area contributed by atoms with Crippen molar-refractivity contribution in [2.45, 2.75) is 9.79 Å². The first-order valence-electron chi connectivity index (χ1n) is 5.28. The summed E-state index contributed by atoms with van der Waals surface area (Å²) in [6.07, 6.45) is 0.181. The lowest BCUT2D eigenvalue weighted by Gasteiger charge is -2.14. The molecule has 0 saturated heterocycles. The van der Waals surface area contributed by atoms with Crippen LogP contribution in [0.25, 0.3) is 10.8 Å². The average molecular weight is 422 g/mol. The number of hydrogen-bond donors (Lipinski definition) is 0. The van der Waals surface area contributed by atoms with E-state index >= 15 is 0 Å². The van der Waals surface area contributed by atoms with Gasteiger partial charge in [-0.1, -0.05) is 35.3 Å². The average Bonchev–Trinajstić information content (AvgIpc) is 2.33. The fraction of sp³-hybridized carbons (Fsp3) is 0. The molecule has 118 valence electrons. The summed E-state index contributed by atoms with van der Waals surface area (Å²) in [5, 5.41) is -1.03. The molecule has 11 heteroatoms. The maximum absolute atomic E-state index is 11.8. The van der Waals surface area contributed by atoms with Crippen LogP contribution >= 0.6 is 44.6 Å². The van der Waals surface area contributed by atoms with Crippen molar-refractivity contribution >= 4 is 79.7 Å². The lowest BCUT2D eigenvalue weighted by atomic mass is 10.0. The molecule has 0 aliphatic rings. The molecular formula is C11H4Cl4O5S2. The maximum atomic E-state index is 11.8. The number of hydrogen-bond acceptors (Lipinski definition) is 5. The number of carbonyl (C=O) groups excluding carboxylic acids is 1. The van der Waals surface area contributed by atoms with Gasteiger partial charge in [0.15, 0.2) is 6.29 Å². The molecule has 0 spiro atoms. The van der Waals surface area contributed by atoms with Gasteiger partial charge < -0.3 is 0 Å². The first-order chi connectivity index (χ1) is 10.00. The van der Waals surface area contributed by atoms with Crippen LogP contribution in [-0.4, -0.2) is 23.1 Å². The van der Waals surface area contributed by atoms with E-state index in [0.29, 0.717) is 0 Å². The Hall–Kier alpha value is -0.570. The minimum Gasteiger partial charge on any atom is -0.298 e. The van der Waals surface area contributed by atoms with Crippen molar-refractivity contribution < 1.29 is 21.6 Å². The highest BCUT2D eigenvalue weighted by Crippen LogP contribution is 2.43. The number of fused-ring (bicyclic) bond motifs is 1. The van der Waals surface area contributed by atoms with E-state index in [1.54, 1.807) is 0 Å². The number of rotatable bonds is 3. The Labute approximate surface area is 144 Å². The highest BCUT2D eigenvalue weighted by atomic mass is 35.7. The molecule has 0 aliphatic heterocycles. The van der Waals surface area contributed by atoms with Gasteiger partial charge in [0.25, 0.3) is 18.1 Å². The molecule has 0 aliphatic carbocycles. The van der Waals surface area contributed by atoms with Gasteiger partial charge in [0, 0.05) is 42.7 Å². The monoisotopic (exact) mass is 420 g/mol. The van der Waals surface area contributed by atoms with Crippen molar-refractivity contribution in [3.05, 3.63) is 33.8 Å². The molecule has 0 N–H and O–H groups in total. The maximum Gasteiger partial charge on any atom is 0.263 e. The predicted octanol–water partition coefficient (Wildman–Crippen LogP) is 3.81. The largest absolute Gasteiger partial charge is 0.298 e. The number of halogens is 4. The van der Waals surface area contributed by atoms with Crippen molar-refractivity contribution in [3.63, 3.8) is 0 Å². The van der Waals surface area contributed by atoms with Gasteiger partial charge >= 0.3 is 0 Å². The van der Waals surface area contributed by atoms with E-state index in [2.05, 4.69) is 0 Å². The van der Waals surface area contributed by atoms with E-state index in [1.807, 2.05) is 0 Å².